The fourth-order valence-electron chi connectivity index (χ4n) is 1.75. The first-order valence-corrected chi connectivity index (χ1v) is 6.22. The zero-order valence-corrected chi connectivity index (χ0v) is 11.2. The highest BCUT2D eigenvalue weighted by atomic mass is 16.6. The number of nitro groups is 1. The third-order valence-corrected chi connectivity index (χ3v) is 3.07. The molecule has 3 N–H and O–H groups in total. The minimum Gasteiger partial charge on any atom is -0.330 e. The maximum atomic E-state index is 11.8. The van der Waals surface area contributed by atoms with E-state index in [1.54, 1.807) is 19.1 Å². The second-order valence-corrected chi connectivity index (χ2v) is 4.52. The maximum Gasteiger partial charge on any atom is 0.274 e. The van der Waals surface area contributed by atoms with Crippen LogP contribution in [-0.4, -0.2) is 17.4 Å². The van der Waals surface area contributed by atoms with Gasteiger partial charge in [0.25, 0.3) is 5.69 Å². The summed E-state index contributed by atoms with van der Waals surface area (Å²) in [5.74, 6) is -0.0316. The molecule has 19 heavy (non-hydrogen) atoms. The molecule has 1 aromatic carbocycles. The summed E-state index contributed by atoms with van der Waals surface area (Å²) in [5, 5.41) is 13.5. The molecule has 0 aliphatic heterocycles. The van der Waals surface area contributed by atoms with Gasteiger partial charge in [0.2, 0.25) is 5.91 Å². The van der Waals surface area contributed by atoms with Gasteiger partial charge < -0.3 is 11.1 Å². The van der Waals surface area contributed by atoms with Gasteiger partial charge >= 0.3 is 0 Å². The Morgan fingerprint density at radius 1 is 1.53 bits per heavy atom. The van der Waals surface area contributed by atoms with E-state index < -0.39 is 4.92 Å². The van der Waals surface area contributed by atoms with E-state index in [1.165, 1.54) is 6.07 Å². The Kier molecular flexibility index (Phi) is 5.44. The van der Waals surface area contributed by atoms with Crippen molar-refractivity contribution in [1.29, 1.82) is 0 Å². The zero-order valence-electron chi connectivity index (χ0n) is 11.2. The fraction of sp³-hybridized carbons (Fsp3) is 0.462. The van der Waals surface area contributed by atoms with E-state index in [1.807, 2.05) is 6.92 Å². The number of anilines is 1. The second kappa shape index (κ2) is 6.84. The number of carbonyl (C=O) groups is 1. The molecule has 0 spiro atoms. The van der Waals surface area contributed by atoms with Crippen LogP contribution in [0.5, 0.6) is 0 Å². The molecule has 0 heterocycles. The molecular weight excluding hydrogens is 246 g/mol. The van der Waals surface area contributed by atoms with Crippen LogP contribution in [0.3, 0.4) is 0 Å². The number of nitro benzene ring substituents is 1. The topological polar surface area (TPSA) is 98.3 Å². The highest BCUT2D eigenvalue weighted by Gasteiger charge is 2.14. The van der Waals surface area contributed by atoms with Crippen molar-refractivity contribution in [3.63, 3.8) is 0 Å². The smallest absolute Gasteiger partial charge is 0.274 e. The summed E-state index contributed by atoms with van der Waals surface area (Å²) >= 11 is 0. The van der Waals surface area contributed by atoms with Crippen molar-refractivity contribution >= 4 is 17.3 Å². The number of nitrogens with one attached hydrogen (secondary N) is 1. The SMILES string of the molecule is CCC(CN)CC(=O)Nc1ccc(C)c([N+](=O)[O-])c1. The minimum absolute atomic E-state index is 0.00339. The molecule has 0 aliphatic rings. The molecule has 0 radical (unpaired) electrons. The van der Waals surface area contributed by atoms with Gasteiger partial charge in [-0.2, -0.15) is 0 Å². The Hall–Kier alpha value is -1.95. The normalized spacial score (nSPS) is 11.9. The molecule has 104 valence electrons. The van der Waals surface area contributed by atoms with Gasteiger partial charge in [-0.15, -0.1) is 0 Å². The molecule has 0 fully saturated rings. The summed E-state index contributed by atoms with van der Waals surface area (Å²) in [6.45, 7) is 4.09. The molecule has 1 aromatic rings. The van der Waals surface area contributed by atoms with Crippen LogP contribution in [0.4, 0.5) is 11.4 Å². The van der Waals surface area contributed by atoms with Crippen LogP contribution in [0.25, 0.3) is 0 Å². The molecule has 6 nitrogen and oxygen atoms in total. The zero-order chi connectivity index (χ0) is 14.4. The number of amides is 1. The van der Waals surface area contributed by atoms with Crippen molar-refractivity contribution in [3.8, 4) is 0 Å². The molecule has 1 atom stereocenters. The van der Waals surface area contributed by atoms with Gasteiger partial charge in [0.1, 0.15) is 0 Å². The van der Waals surface area contributed by atoms with Crippen molar-refractivity contribution in [2.45, 2.75) is 26.7 Å². The van der Waals surface area contributed by atoms with E-state index in [2.05, 4.69) is 5.32 Å². The van der Waals surface area contributed by atoms with E-state index in [4.69, 9.17) is 5.73 Å². The highest BCUT2D eigenvalue weighted by Crippen LogP contribution is 2.22. The molecule has 6 heteroatoms. The Labute approximate surface area is 112 Å². The van der Waals surface area contributed by atoms with Gasteiger partial charge in [-0.25, -0.2) is 0 Å². The average molecular weight is 265 g/mol. The van der Waals surface area contributed by atoms with Crippen LogP contribution in [0.15, 0.2) is 18.2 Å². The molecule has 0 saturated carbocycles. The van der Waals surface area contributed by atoms with Gasteiger partial charge in [0, 0.05) is 23.7 Å². The van der Waals surface area contributed by atoms with Gasteiger partial charge in [0.15, 0.2) is 0 Å². The third-order valence-electron chi connectivity index (χ3n) is 3.07. The van der Waals surface area contributed by atoms with Gasteiger partial charge in [-0.05, 0) is 25.5 Å². The first kappa shape index (κ1) is 15.1. The fourth-order valence-corrected chi connectivity index (χ4v) is 1.75. The van der Waals surface area contributed by atoms with Crippen molar-refractivity contribution < 1.29 is 9.72 Å². The predicted octanol–water partition coefficient (Wildman–Crippen LogP) is 2.22. The summed E-state index contributed by atoms with van der Waals surface area (Å²) < 4.78 is 0. The summed E-state index contributed by atoms with van der Waals surface area (Å²) in [6.07, 6.45) is 1.16. The van der Waals surface area contributed by atoms with E-state index in [0.29, 0.717) is 24.2 Å². The van der Waals surface area contributed by atoms with E-state index in [9.17, 15) is 14.9 Å². The van der Waals surface area contributed by atoms with Crippen LogP contribution < -0.4 is 11.1 Å². The highest BCUT2D eigenvalue weighted by molar-refractivity contribution is 5.91. The lowest BCUT2D eigenvalue weighted by molar-refractivity contribution is -0.385. The van der Waals surface area contributed by atoms with Gasteiger partial charge in [-0.1, -0.05) is 19.4 Å². The van der Waals surface area contributed by atoms with Crippen molar-refractivity contribution in [1.82, 2.24) is 0 Å². The number of aryl methyl sites for hydroxylation is 1. The maximum absolute atomic E-state index is 11.8. The van der Waals surface area contributed by atoms with Gasteiger partial charge in [0.05, 0.1) is 4.92 Å². The van der Waals surface area contributed by atoms with Crippen molar-refractivity contribution in [2.75, 3.05) is 11.9 Å². The van der Waals surface area contributed by atoms with Crippen LogP contribution in [0.1, 0.15) is 25.3 Å². The van der Waals surface area contributed by atoms with Crippen LogP contribution in [-0.2, 0) is 4.79 Å². The molecule has 0 aliphatic carbocycles. The lowest BCUT2D eigenvalue weighted by Gasteiger charge is -2.12. The number of nitrogens with zero attached hydrogens (tertiary/aromatic N) is 1. The first-order chi connectivity index (χ1) is 8.97. The van der Waals surface area contributed by atoms with Crippen LogP contribution in [0, 0.1) is 23.0 Å². The lowest BCUT2D eigenvalue weighted by atomic mass is 10.0. The predicted molar refractivity (Wildman–Crippen MR) is 73.9 cm³/mol. The molecule has 0 saturated heterocycles. The quantitative estimate of drug-likeness (QED) is 0.608. The first-order valence-electron chi connectivity index (χ1n) is 6.22. The van der Waals surface area contributed by atoms with E-state index in [-0.39, 0.29) is 17.5 Å². The van der Waals surface area contributed by atoms with E-state index >= 15 is 0 Å². The number of hydrogen-bond acceptors (Lipinski definition) is 4. The summed E-state index contributed by atoms with van der Waals surface area (Å²) in [6, 6.07) is 4.65. The van der Waals surface area contributed by atoms with Crippen molar-refractivity contribution in [2.24, 2.45) is 11.7 Å². The number of rotatable bonds is 6. The number of nitrogens with two attached hydrogens (primary N) is 1. The molecule has 1 unspecified atom stereocenters. The summed E-state index contributed by atoms with van der Waals surface area (Å²) in [7, 11) is 0. The molecule has 0 aromatic heterocycles. The standard InChI is InChI=1S/C13H19N3O3/c1-3-10(8-14)6-13(17)15-11-5-4-9(2)12(7-11)16(18)19/h4-5,7,10H,3,6,8,14H2,1-2H3,(H,15,17). The van der Waals surface area contributed by atoms with Crippen LogP contribution >= 0.6 is 0 Å². The van der Waals surface area contributed by atoms with Crippen LogP contribution in [0.2, 0.25) is 0 Å². The Morgan fingerprint density at radius 3 is 2.74 bits per heavy atom. The average Bonchev–Trinajstić information content (AvgIpc) is 2.37. The van der Waals surface area contributed by atoms with E-state index in [0.717, 1.165) is 6.42 Å². The number of hydrogen-bond donors (Lipinski definition) is 2. The number of benzene rings is 1. The van der Waals surface area contributed by atoms with Crippen molar-refractivity contribution in [3.05, 3.63) is 33.9 Å². The molecule has 0 bridgehead atoms. The second-order valence-electron chi connectivity index (χ2n) is 4.52. The summed E-state index contributed by atoms with van der Waals surface area (Å²) in [4.78, 5) is 22.1. The Balaban J connectivity index is 2.74. The van der Waals surface area contributed by atoms with Gasteiger partial charge in [-0.3, -0.25) is 14.9 Å². The lowest BCUT2D eigenvalue weighted by Crippen LogP contribution is -2.21. The molecule has 1 rings (SSSR count). The third kappa shape index (κ3) is 4.33. The monoisotopic (exact) mass is 265 g/mol. The minimum atomic E-state index is -0.459. The molecular formula is C13H19N3O3. The Morgan fingerprint density at radius 2 is 2.21 bits per heavy atom. The number of carbonyl (C=O) groups excluding carboxylic acids is 1. The largest absolute Gasteiger partial charge is 0.330 e. The molecule has 1 amide bonds. The Bertz CT molecular complexity index is 470. The summed E-state index contributed by atoms with van der Waals surface area (Å²) in [5.41, 5.74) is 6.55.